The molecule has 2 atom stereocenters. The molecule has 0 spiro atoms. The van der Waals surface area contributed by atoms with Crippen molar-refractivity contribution in [1.29, 1.82) is 0 Å². The Bertz CT molecular complexity index is 423. The highest BCUT2D eigenvalue weighted by Crippen LogP contribution is 2.32. The topological polar surface area (TPSA) is 40.5 Å². The largest absolute Gasteiger partial charge is 0.389 e. The van der Waals surface area contributed by atoms with E-state index >= 15 is 0 Å². The van der Waals surface area contributed by atoms with Gasteiger partial charge in [-0.25, -0.2) is 0 Å². The first-order valence-corrected chi connectivity index (χ1v) is 7.73. The van der Waals surface area contributed by atoms with Crippen LogP contribution in [0.3, 0.4) is 0 Å². The average molecular weight is 296 g/mol. The Morgan fingerprint density at radius 2 is 1.30 bits per heavy atom. The third-order valence-corrected chi connectivity index (χ3v) is 3.95. The van der Waals surface area contributed by atoms with Gasteiger partial charge in [-0.3, -0.25) is 0 Å². The molecular weight excluding hydrogens is 268 g/mol. The second kappa shape index (κ2) is 6.08. The molecule has 0 aromatic heterocycles. The van der Waals surface area contributed by atoms with Gasteiger partial charge in [0, 0.05) is 5.75 Å². The number of rotatable bonds is 3. The average Bonchev–Trinajstić information content (AvgIpc) is 2.34. The Morgan fingerprint density at radius 1 is 0.900 bits per heavy atom. The van der Waals surface area contributed by atoms with Crippen molar-refractivity contribution in [2.24, 2.45) is 0 Å². The van der Waals surface area contributed by atoms with Crippen LogP contribution in [0.15, 0.2) is 18.2 Å². The summed E-state index contributed by atoms with van der Waals surface area (Å²) in [6, 6.07) is 6.18. The maximum atomic E-state index is 10.3. The fraction of sp³-hybridized carbons (Fsp3) is 0.647. The third-order valence-electron chi connectivity index (χ3n) is 3.58. The van der Waals surface area contributed by atoms with Crippen LogP contribution in [-0.2, 0) is 10.8 Å². The first-order valence-electron chi connectivity index (χ1n) is 7.09. The van der Waals surface area contributed by atoms with E-state index < -0.39 is 12.2 Å². The molecule has 0 aliphatic carbocycles. The lowest BCUT2D eigenvalue weighted by molar-refractivity contribution is 0.0336. The lowest BCUT2D eigenvalue weighted by atomic mass is 9.79. The van der Waals surface area contributed by atoms with Gasteiger partial charge >= 0.3 is 0 Å². The molecule has 2 nitrogen and oxygen atoms in total. The fourth-order valence-electron chi connectivity index (χ4n) is 2.01. The van der Waals surface area contributed by atoms with E-state index in [-0.39, 0.29) is 16.6 Å². The monoisotopic (exact) mass is 296 g/mol. The van der Waals surface area contributed by atoms with E-state index in [0.29, 0.717) is 0 Å². The molecule has 1 rings (SSSR count). The molecule has 0 aliphatic rings. The Balaban J connectivity index is 3.38. The van der Waals surface area contributed by atoms with E-state index in [1.807, 2.05) is 12.1 Å². The number of thiol groups is 1. The van der Waals surface area contributed by atoms with Crippen LogP contribution in [0.5, 0.6) is 0 Å². The van der Waals surface area contributed by atoms with E-state index in [1.165, 1.54) is 11.1 Å². The summed E-state index contributed by atoms with van der Waals surface area (Å²) in [6.07, 6.45) is -1.74. The summed E-state index contributed by atoms with van der Waals surface area (Å²) < 4.78 is 0. The Labute approximate surface area is 128 Å². The molecule has 2 unspecified atom stereocenters. The van der Waals surface area contributed by atoms with Gasteiger partial charge in [-0.15, -0.1) is 0 Å². The highest BCUT2D eigenvalue weighted by Gasteiger charge is 2.24. The van der Waals surface area contributed by atoms with E-state index in [9.17, 15) is 10.2 Å². The maximum absolute atomic E-state index is 10.3. The van der Waals surface area contributed by atoms with Gasteiger partial charge in [0.15, 0.2) is 0 Å². The van der Waals surface area contributed by atoms with Crippen molar-refractivity contribution in [3.63, 3.8) is 0 Å². The third kappa shape index (κ3) is 4.24. The lowest BCUT2D eigenvalue weighted by Gasteiger charge is -2.28. The van der Waals surface area contributed by atoms with Crippen LogP contribution in [-0.4, -0.2) is 22.1 Å². The van der Waals surface area contributed by atoms with Crippen LogP contribution < -0.4 is 0 Å². The molecule has 1 aromatic carbocycles. The van der Waals surface area contributed by atoms with Gasteiger partial charge in [0.05, 0.1) is 6.10 Å². The minimum absolute atomic E-state index is 0.00163. The Morgan fingerprint density at radius 3 is 1.60 bits per heavy atom. The van der Waals surface area contributed by atoms with Gasteiger partial charge in [-0.1, -0.05) is 59.7 Å². The Hall–Kier alpha value is -0.510. The zero-order valence-electron chi connectivity index (χ0n) is 13.4. The lowest BCUT2D eigenvalue weighted by Crippen LogP contribution is -2.22. The number of hydrogen-bond acceptors (Lipinski definition) is 3. The summed E-state index contributed by atoms with van der Waals surface area (Å²) in [4.78, 5) is 0. The maximum Gasteiger partial charge on any atom is 0.106 e. The normalized spacial score (nSPS) is 16.1. The molecule has 0 bridgehead atoms. The van der Waals surface area contributed by atoms with Gasteiger partial charge in [-0.05, 0) is 27.5 Å². The van der Waals surface area contributed by atoms with E-state index in [1.54, 1.807) is 0 Å². The number of hydrogen-bond donors (Lipinski definition) is 3. The summed E-state index contributed by atoms with van der Waals surface area (Å²) in [5.41, 5.74) is 3.11. The first-order chi connectivity index (χ1) is 8.96. The van der Waals surface area contributed by atoms with Crippen LogP contribution >= 0.6 is 12.6 Å². The number of aliphatic hydroxyl groups is 2. The molecule has 2 N–H and O–H groups in total. The minimum Gasteiger partial charge on any atom is -0.389 e. The molecular formula is C17H28O2S. The minimum atomic E-state index is -0.893. The SMILES string of the molecule is CC(C)(C)c1cc(C(O)C(O)CS)cc(C(C)(C)C)c1. The molecule has 0 aliphatic heterocycles. The van der Waals surface area contributed by atoms with E-state index in [2.05, 4.69) is 60.2 Å². The van der Waals surface area contributed by atoms with Crippen molar-refractivity contribution in [2.75, 3.05) is 5.75 Å². The van der Waals surface area contributed by atoms with Crippen LogP contribution in [0, 0.1) is 0 Å². The second-order valence-electron chi connectivity index (χ2n) is 7.54. The van der Waals surface area contributed by atoms with Gasteiger partial charge in [0.1, 0.15) is 6.10 Å². The fourth-order valence-corrected chi connectivity index (χ4v) is 2.21. The van der Waals surface area contributed by atoms with Crippen molar-refractivity contribution in [3.05, 3.63) is 34.9 Å². The predicted molar refractivity (Wildman–Crippen MR) is 88.7 cm³/mol. The second-order valence-corrected chi connectivity index (χ2v) is 7.90. The smallest absolute Gasteiger partial charge is 0.106 e. The molecule has 0 heterocycles. The van der Waals surface area contributed by atoms with Gasteiger partial charge in [0.2, 0.25) is 0 Å². The van der Waals surface area contributed by atoms with Crippen LogP contribution in [0.4, 0.5) is 0 Å². The van der Waals surface area contributed by atoms with Crippen molar-refractivity contribution < 1.29 is 10.2 Å². The van der Waals surface area contributed by atoms with Crippen LogP contribution in [0.2, 0.25) is 0 Å². The summed E-state index contributed by atoms with van der Waals surface area (Å²) in [7, 11) is 0. The summed E-state index contributed by atoms with van der Waals surface area (Å²) in [6.45, 7) is 12.9. The quantitative estimate of drug-likeness (QED) is 0.746. The Kier molecular flexibility index (Phi) is 5.34. The highest BCUT2D eigenvalue weighted by atomic mass is 32.1. The molecule has 0 saturated heterocycles. The van der Waals surface area contributed by atoms with Gasteiger partial charge < -0.3 is 10.2 Å². The van der Waals surface area contributed by atoms with Gasteiger partial charge in [0.25, 0.3) is 0 Å². The zero-order chi connectivity index (χ0) is 15.7. The molecule has 20 heavy (non-hydrogen) atoms. The molecule has 114 valence electrons. The van der Waals surface area contributed by atoms with Crippen LogP contribution in [0.1, 0.15) is 64.3 Å². The molecule has 0 radical (unpaired) electrons. The molecule has 1 aromatic rings. The molecule has 0 amide bonds. The number of benzene rings is 1. The number of aliphatic hydroxyl groups excluding tert-OH is 2. The standard InChI is InChI=1S/C17H28O2S/c1-16(2,3)12-7-11(15(19)14(18)10-20)8-13(9-12)17(4,5)6/h7-9,14-15,18-20H,10H2,1-6H3. The first kappa shape index (κ1) is 17.5. The van der Waals surface area contributed by atoms with E-state index in [0.717, 1.165) is 5.56 Å². The summed E-state index contributed by atoms with van der Waals surface area (Å²) >= 11 is 4.06. The van der Waals surface area contributed by atoms with Gasteiger partial charge in [-0.2, -0.15) is 12.6 Å². The van der Waals surface area contributed by atoms with Crippen molar-refractivity contribution in [2.45, 2.75) is 64.6 Å². The molecule has 3 heteroatoms. The summed E-state index contributed by atoms with van der Waals surface area (Å²) in [5.74, 6) is 0.242. The molecule has 0 saturated carbocycles. The van der Waals surface area contributed by atoms with Crippen molar-refractivity contribution in [3.8, 4) is 0 Å². The van der Waals surface area contributed by atoms with Crippen LogP contribution in [0.25, 0.3) is 0 Å². The predicted octanol–water partition coefficient (Wildman–Crippen LogP) is 3.61. The molecule has 0 fully saturated rings. The zero-order valence-corrected chi connectivity index (χ0v) is 14.3. The highest BCUT2D eigenvalue weighted by molar-refractivity contribution is 7.80. The van der Waals surface area contributed by atoms with Crippen molar-refractivity contribution >= 4 is 12.6 Å². The summed E-state index contributed by atoms with van der Waals surface area (Å²) in [5, 5.41) is 20.1. The van der Waals surface area contributed by atoms with E-state index in [4.69, 9.17) is 0 Å². The van der Waals surface area contributed by atoms with Crippen molar-refractivity contribution in [1.82, 2.24) is 0 Å².